The molecule has 0 saturated carbocycles. The van der Waals surface area contributed by atoms with Gasteiger partial charge in [-0.15, -0.1) is 0 Å². The molecule has 3 aromatic carbocycles. The minimum absolute atomic E-state index is 0.164. The lowest BCUT2D eigenvalue weighted by molar-refractivity contribution is -0.122. The molecular formula is C27H20Br2Cl2N2O6. The second-order valence-electron chi connectivity index (χ2n) is 8.05. The van der Waals surface area contributed by atoms with E-state index in [1.807, 2.05) is 6.92 Å². The second-order valence-corrected chi connectivity index (χ2v) is 10.5. The van der Waals surface area contributed by atoms with Gasteiger partial charge in [0.05, 0.1) is 33.9 Å². The molecular weight excluding hydrogens is 679 g/mol. The van der Waals surface area contributed by atoms with Gasteiger partial charge >= 0.3 is 6.03 Å². The molecule has 1 aliphatic rings. The molecule has 0 aliphatic carbocycles. The number of carbonyl (C=O) groups excluding carboxylic acids is 3. The Labute approximate surface area is 251 Å². The highest BCUT2D eigenvalue weighted by atomic mass is 79.9. The minimum Gasteiger partial charge on any atom is -0.494 e. The summed E-state index contributed by atoms with van der Waals surface area (Å²) in [6.45, 7) is 2.39. The number of nitrogens with one attached hydrogen (secondary N) is 1. The molecule has 0 spiro atoms. The molecule has 0 bridgehead atoms. The van der Waals surface area contributed by atoms with E-state index < -0.39 is 17.8 Å². The maximum absolute atomic E-state index is 13.4. The van der Waals surface area contributed by atoms with Crippen LogP contribution in [0.25, 0.3) is 6.08 Å². The Bertz CT molecular complexity index is 1510. The maximum Gasteiger partial charge on any atom is 0.335 e. The molecule has 0 aromatic heterocycles. The highest BCUT2D eigenvalue weighted by Crippen LogP contribution is 2.44. The van der Waals surface area contributed by atoms with Crippen molar-refractivity contribution in [2.24, 2.45) is 0 Å². The lowest BCUT2D eigenvalue weighted by Crippen LogP contribution is -2.54. The van der Waals surface area contributed by atoms with Crippen LogP contribution < -0.4 is 24.4 Å². The van der Waals surface area contributed by atoms with E-state index in [2.05, 4.69) is 37.2 Å². The van der Waals surface area contributed by atoms with E-state index in [1.54, 1.807) is 48.5 Å². The first-order valence-corrected chi connectivity index (χ1v) is 13.8. The first kappa shape index (κ1) is 28.9. The number of hydrogen-bond acceptors (Lipinski definition) is 6. The van der Waals surface area contributed by atoms with Gasteiger partial charge in [-0.3, -0.25) is 14.9 Å². The summed E-state index contributed by atoms with van der Waals surface area (Å²) in [7, 11) is 1.46. The molecule has 4 rings (SSSR count). The average molecular weight is 699 g/mol. The zero-order valence-electron chi connectivity index (χ0n) is 20.5. The normalized spacial score (nSPS) is 14.5. The van der Waals surface area contributed by atoms with Gasteiger partial charge < -0.3 is 14.2 Å². The van der Waals surface area contributed by atoms with Crippen molar-refractivity contribution in [3.05, 3.63) is 84.2 Å². The SMILES string of the molecule is CCOc1cccc(N2C(=O)NC(=O)/C(=C\c3cc(OC)c(OCc4ccc(Cl)c(Cl)c4)c(Br)c3Br)C2=O)c1. The van der Waals surface area contributed by atoms with E-state index in [0.717, 1.165) is 10.5 Å². The van der Waals surface area contributed by atoms with Crippen LogP contribution in [-0.4, -0.2) is 31.6 Å². The summed E-state index contributed by atoms with van der Waals surface area (Å²) < 4.78 is 18.0. The molecule has 0 atom stereocenters. The largest absolute Gasteiger partial charge is 0.494 e. The Balaban J connectivity index is 1.68. The highest BCUT2D eigenvalue weighted by Gasteiger charge is 2.37. The third-order valence-electron chi connectivity index (χ3n) is 5.53. The number of carbonyl (C=O) groups is 3. The average Bonchev–Trinajstić information content (AvgIpc) is 2.90. The molecule has 1 heterocycles. The number of imide groups is 2. The van der Waals surface area contributed by atoms with Gasteiger partial charge in [-0.1, -0.05) is 35.3 Å². The Morgan fingerprint density at radius 2 is 1.74 bits per heavy atom. The number of benzene rings is 3. The molecule has 4 amide bonds. The van der Waals surface area contributed by atoms with Crippen molar-refractivity contribution in [2.75, 3.05) is 18.6 Å². The quantitative estimate of drug-likeness (QED) is 0.198. The highest BCUT2D eigenvalue weighted by molar-refractivity contribution is 9.13. The Morgan fingerprint density at radius 1 is 0.974 bits per heavy atom. The zero-order chi connectivity index (χ0) is 28.3. The van der Waals surface area contributed by atoms with Crippen LogP contribution in [0.2, 0.25) is 10.0 Å². The predicted octanol–water partition coefficient (Wildman–Crippen LogP) is 7.17. The van der Waals surface area contributed by atoms with Gasteiger partial charge in [0, 0.05) is 10.5 Å². The number of barbiturate groups is 1. The van der Waals surface area contributed by atoms with E-state index in [9.17, 15) is 14.4 Å². The Kier molecular flexibility index (Phi) is 9.22. The number of hydrogen-bond donors (Lipinski definition) is 1. The van der Waals surface area contributed by atoms with E-state index >= 15 is 0 Å². The second kappa shape index (κ2) is 12.4. The third-order valence-corrected chi connectivity index (χ3v) is 8.41. The van der Waals surface area contributed by atoms with Crippen molar-refractivity contribution in [2.45, 2.75) is 13.5 Å². The fourth-order valence-corrected chi connectivity index (χ4v) is 4.98. The molecule has 1 saturated heterocycles. The molecule has 0 unspecified atom stereocenters. The summed E-state index contributed by atoms with van der Waals surface area (Å²) in [6.07, 6.45) is 1.36. The van der Waals surface area contributed by atoms with E-state index in [1.165, 1.54) is 13.2 Å². The zero-order valence-corrected chi connectivity index (χ0v) is 25.2. The summed E-state index contributed by atoms with van der Waals surface area (Å²) in [5.41, 5.74) is 1.21. The van der Waals surface area contributed by atoms with E-state index in [4.69, 9.17) is 37.4 Å². The van der Waals surface area contributed by atoms with Crippen molar-refractivity contribution in [3.63, 3.8) is 0 Å². The number of halogens is 4. The molecule has 0 radical (unpaired) electrons. The summed E-state index contributed by atoms with van der Waals surface area (Å²) in [5, 5.41) is 3.05. The van der Waals surface area contributed by atoms with Gasteiger partial charge in [-0.05, 0) is 86.3 Å². The van der Waals surface area contributed by atoms with Gasteiger partial charge in [0.2, 0.25) is 0 Å². The number of amides is 4. The molecule has 3 aromatic rings. The smallest absolute Gasteiger partial charge is 0.335 e. The maximum atomic E-state index is 13.4. The fourth-order valence-electron chi connectivity index (χ4n) is 3.71. The van der Waals surface area contributed by atoms with Crippen LogP contribution in [0, 0.1) is 0 Å². The van der Waals surface area contributed by atoms with E-state index in [0.29, 0.717) is 48.4 Å². The monoisotopic (exact) mass is 696 g/mol. The molecule has 39 heavy (non-hydrogen) atoms. The van der Waals surface area contributed by atoms with Crippen molar-refractivity contribution in [3.8, 4) is 17.2 Å². The number of ether oxygens (including phenoxy) is 3. The first-order valence-electron chi connectivity index (χ1n) is 11.4. The molecule has 8 nitrogen and oxygen atoms in total. The molecule has 1 fully saturated rings. The predicted molar refractivity (Wildman–Crippen MR) is 156 cm³/mol. The van der Waals surface area contributed by atoms with E-state index in [-0.39, 0.29) is 17.9 Å². The van der Waals surface area contributed by atoms with Crippen LogP contribution in [0.5, 0.6) is 17.2 Å². The fraction of sp³-hybridized carbons (Fsp3) is 0.148. The van der Waals surface area contributed by atoms with Gasteiger partial charge in [-0.25, -0.2) is 9.69 Å². The summed E-state index contributed by atoms with van der Waals surface area (Å²) in [4.78, 5) is 39.6. The van der Waals surface area contributed by atoms with Crippen molar-refractivity contribution in [1.82, 2.24) is 5.32 Å². The van der Waals surface area contributed by atoms with Gasteiger partial charge in [0.15, 0.2) is 11.5 Å². The lowest BCUT2D eigenvalue weighted by atomic mass is 10.1. The molecule has 1 N–H and O–H groups in total. The summed E-state index contributed by atoms with van der Waals surface area (Å²) >= 11 is 19.1. The van der Waals surface area contributed by atoms with Crippen LogP contribution in [0.3, 0.4) is 0 Å². The van der Waals surface area contributed by atoms with Gasteiger partial charge in [0.25, 0.3) is 11.8 Å². The first-order chi connectivity index (χ1) is 18.6. The Hall–Kier alpha value is -3.05. The Morgan fingerprint density at radius 3 is 2.44 bits per heavy atom. The lowest BCUT2D eigenvalue weighted by Gasteiger charge is -2.26. The number of nitrogens with zero attached hydrogens (tertiary/aromatic N) is 1. The topological polar surface area (TPSA) is 94.2 Å². The molecule has 1 aliphatic heterocycles. The van der Waals surface area contributed by atoms with Crippen LogP contribution >= 0.6 is 55.1 Å². The van der Waals surface area contributed by atoms with Gasteiger partial charge in [0.1, 0.15) is 17.9 Å². The van der Waals surface area contributed by atoms with Crippen LogP contribution in [0.4, 0.5) is 10.5 Å². The summed E-state index contributed by atoms with van der Waals surface area (Å²) in [5.74, 6) is -0.436. The minimum atomic E-state index is -0.861. The standard InChI is InChI=1S/C27H20Br2Cl2N2O6/c1-3-38-17-6-4-5-16(12-17)33-26(35)18(25(34)32-27(33)36)10-15-11-21(37-2)24(23(29)22(15)28)39-13-14-7-8-19(30)20(31)9-14/h4-12H,3,13H2,1-2H3,(H,32,34,36)/b18-10+. The molecule has 202 valence electrons. The van der Waals surface area contributed by atoms with Crippen LogP contribution in [-0.2, 0) is 16.2 Å². The number of anilines is 1. The summed E-state index contributed by atoms with van der Waals surface area (Å²) in [6, 6.07) is 12.4. The van der Waals surface area contributed by atoms with Gasteiger partial charge in [-0.2, -0.15) is 0 Å². The van der Waals surface area contributed by atoms with Crippen LogP contribution in [0.15, 0.2) is 63.0 Å². The van der Waals surface area contributed by atoms with Crippen molar-refractivity contribution >= 4 is 84.7 Å². The molecule has 12 heteroatoms. The van der Waals surface area contributed by atoms with Crippen molar-refractivity contribution < 1.29 is 28.6 Å². The number of methoxy groups -OCH3 is 1. The van der Waals surface area contributed by atoms with Crippen molar-refractivity contribution in [1.29, 1.82) is 0 Å². The third kappa shape index (κ3) is 6.24. The number of rotatable bonds is 8. The number of urea groups is 1. The van der Waals surface area contributed by atoms with Crippen LogP contribution in [0.1, 0.15) is 18.1 Å².